The van der Waals surface area contributed by atoms with Crippen LogP contribution in [0.1, 0.15) is 49.7 Å². The standard InChI is InChI=1S/C18H24N2/c1-15-8-10-17(11-9-16-6-3-2-4-7-16)18(14-15)20-13-5-12-19-20/h5,8,10,12-14,16H,2-4,6-7,9,11H2,1H3. The fourth-order valence-electron chi connectivity index (χ4n) is 3.35. The minimum Gasteiger partial charge on any atom is -0.241 e. The van der Waals surface area contributed by atoms with Crippen molar-refractivity contribution in [3.63, 3.8) is 0 Å². The van der Waals surface area contributed by atoms with E-state index in [0.717, 1.165) is 5.92 Å². The molecule has 1 saturated carbocycles. The number of rotatable bonds is 4. The highest BCUT2D eigenvalue weighted by Gasteiger charge is 2.14. The summed E-state index contributed by atoms with van der Waals surface area (Å²) in [6.07, 6.45) is 13.6. The van der Waals surface area contributed by atoms with E-state index in [2.05, 4.69) is 30.2 Å². The van der Waals surface area contributed by atoms with E-state index in [-0.39, 0.29) is 0 Å². The Hall–Kier alpha value is -1.57. The third-order valence-electron chi connectivity index (χ3n) is 4.54. The number of aromatic nitrogens is 2. The van der Waals surface area contributed by atoms with Gasteiger partial charge in [-0.1, -0.05) is 44.2 Å². The van der Waals surface area contributed by atoms with Gasteiger partial charge in [0, 0.05) is 12.4 Å². The molecule has 0 amide bonds. The number of hydrogen-bond donors (Lipinski definition) is 0. The quantitative estimate of drug-likeness (QED) is 0.786. The second-order valence-corrected chi connectivity index (χ2v) is 6.13. The Morgan fingerprint density at radius 2 is 2.05 bits per heavy atom. The molecule has 1 heterocycles. The van der Waals surface area contributed by atoms with Crippen LogP contribution in [0.4, 0.5) is 0 Å². The molecule has 0 saturated heterocycles. The summed E-state index contributed by atoms with van der Waals surface area (Å²) in [7, 11) is 0. The number of benzene rings is 1. The monoisotopic (exact) mass is 268 g/mol. The molecule has 1 aromatic heterocycles. The minimum absolute atomic E-state index is 0.940. The van der Waals surface area contributed by atoms with Gasteiger partial charge in [-0.05, 0) is 48.9 Å². The predicted octanol–water partition coefficient (Wildman–Crippen LogP) is 4.69. The first-order valence-electron chi connectivity index (χ1n) is 7.92. The molecule has 0 atom stereocenters. The molecular weight excluding hydrogens is 244 g/mol. The zero-order chi connectivity index (χ0) is 13.8. The number of nitrogens with zero attached hydrogens (tertiary/aromatic N) is 2. The third kappa shape index (κ3) is 3.12. The molecule has 1 aromatic carbocycles. The lowest BCUT2D eigenvalue weighted by molar-refractivity contribution is 0.339. The Morgan fingerprint density at radius 3 is 2.80 bits per heavy atom. The van der Waals surface area contributed by atoms with Crippen LogP contribution < -0.4 is 0 Å². The molecule has 0 aliphatic heterocycles. The first kappa shape index (κ1) is 13.4. The van der Waals surface area contributed by atoms with Gasteiger partial charge in [0.25, 0.3) is 0 Å². The highest BCUT2D eigenvalue weighted by molar-refractivity contribution is 5.43. The van der Waals surface area contributed by atoms with Crippen molar-refractivity contribution in [3.05, 3.63) is 47.8 Å². The van der Waals surface area contributed by atoms with Gasteiger partial charge in [-0.15, -0.1) is 0 Å². The van der Waals surface area contributed by atoms with Crippen molar-refractivity contribution >= 4 is 0 Å². The molecule has 0 spiro atoms. The molecule has 1 aliphatic rings. The first-order valence-corrected chi connectivity index (χ1v) is 7.92. The van der Waals surface area contributed by atoms with E-state index in [1.54, 1.807) is 0 Å². The Labute approximate surface area is 121 Å². The van der Waals surface area contributed by atoms with Gasteiger partial charge in [-0.2, -0.15) is 5.10 Å². The number of aryl methyl sites for hydroxylation is 2. The highest BCUT2D eigenvalue weighted by atomic mass is 15.3. The number of hydrogen-bond acceptors (Lipinski definition) is 1. The van der Waals surface area contributed by atoms with Crippen molar-refractivity contribution in [3.8, 4) is 5.69 Å². The molecule has 106 valence electrons. The topological polar surface area (TPSA) is 17.8 Å². The normalized spacial score (nSPS) is 16.4. The van der Waals surface area contributed by atoms with Gasteiger partial charge in [0.1, 0.15) is 0 Å². The third-order valence-corrected chi connectivity index (χ3v) is 4.54. The predicted molar refractivity (Wildman–Crippen MR) is 83.2 cm³/mol. The average molecular weight is 268 g/mol. The summed E-state index contributed by atoms with van der Waals surface area (Å²) in [5.41, 5.74) is 3.99. The summed E-state index contributed by atoms with van der Waals surface area (Å²) in [6.45, 7) is 2.15. The minimum atomic E-state index is 0.940. The van der Waals surface area contributed by atoms with Crippen LogP contribution in [-0.4, -0.2) is 9.78 Å². The summed E-state index contributed by atoms with van der Waals surface area (Å²) < 4.78 is 2.00. The molecular formula is C18H24N2. The van der Waals surface area contributed by atoms with Crippen molar-refractivity contribution in [2.24, 2.45) is 5.92 Å². The van der Waals surface area contributed by atoms with Crippen LogP contribution in [0.2, 0.25) is 0 Å². The Kier molecular flexibility index (Phi) is 4.19. The largest absolute Gasteiger partial charge is 0.241 e. The SMILES string of the molecule is Cc1ccc(CCC2CCCCC2)c(-n2cccn2)c1. The summed E-state index contributed by atoms with van der Waals surface area (Å²) in [4.78, 5) is 0. The van der Waals surface area contributed by atoms with Gasteiger partial charge >= 0.3 is 0 Å². The van der Waals surface area contributed by atoms with E-state index in [9.17, 15) is 0 Å². The molecule has 1 aliphatic carbocycles. The van der Waals surface area contributed by atoms with Crippen LogP contribution in [0.5, 0.6) is 0 Å². The molecule has 3 rings (SSSR count). The molecule has 2 aromatic rings. The van der Waals surface area contributed by atoms with Gasteiger partial charge in [-0.25, -0.2) is 4.68 Å². The molecule has 0 bridgehead atoms. The Morgan fingerprint density at radius 1 is 1.20 bits per heavy atom. The Balaban J connectivity index is 1.75. The zero-order valence-electron chi connectivity index (χ0n) is 12.4. The van der Waals surface area contributed by atoms with Crippen LogP contribution in [0.3, 0.4) is 0 Å². The van der Waals surface area contributed by atoms with Crippen LogP contribution >= 0.6 is 0 Å². The van der Waals surface area contributed by atoms with Crippen LogP contribution in [0, 0.1) is 12.8 Å². The van der Waals surface area contributed by atoms with Gasteiger partial charge in [0.05, 0.1) is 5.69 Å². The summed E-state index contributed by atoms with van der Waals surface area (Å²) in [6, 6.07) is 8.76. The van der Waals surface area contributed by atoms with E-state index in [4.69, 9.17) is 0 Å². The molecule has 0 radical (unpaired) electrons. The highest BCUT2D eigenvalue weighted by Crippen LogP contribution is 2.28. The van der Waals surface area contributed by atoms with Gasteiger partial charge in [-0.3, -0.25) is 0 Å². The Bertz CT molecular complexity index is 537. The molecule has 2 nitrogen and oxygen atoms in total. The van der Waals surface area contributed by atoms with E-state index >= 15 is 0 Å². The lowest BCUT2D eigenvalue weighted by Crippen LogP contribution is -2.08. The maximum absolute atomic E-state index is 4.40. The average Bonchev–Trinajstić information content (AvgIpc) is 3.01. The van der Waals surface area contributed by atoms with E-state index < -0.39 is 0 Å². The second-order valence-electron chi connectivity index (χ2n) is 6.13. The molecule has 20 heavy (non-hydrogen) atoms. The molecule has 1 fully saturated rings. The van der Waals surface area contributed by atoms with Crippen LogP contribution in [0.25, 0.3) is 5.69 Å². The maximum atomic E-state index is 4.40. The van der Waals surface area contributed by atoms with Crippen molar-refractivity contribution in [1.29, 1.82) is 0 Å². The van der Waals surface area contributed by atoms with E-state index in [0.29, 0.717) is 0 Å². The molecule has 0 unspecified atom stereocenters. The lowest BCUT2D eigenvalue weighted by atomic mass is 9.85. The summed E-state index contributed by atoms with van der Waals surface area (Å²) >= 11 is 0. The fourth-order valence-corrected chi connectivity index (χ4v) is 3.35. The van der Waals surface area contributed by atoms with Crippen LogP contribution in [0.15, 0.2) is 36.7 Å². The van der Waals surface area contributed by atoms with Gasteiger partial charge in [0.15, 0.2) is 0 Å². The van der Waals surface area contributed by atoms with E-state index in [1.165, 1.54) is 61.8 Å². The fraction of sp³-hybridized carbons (Fsp3) is 0.500. The summed E-state index contributed by atoms with van der Waals surface area (Å²) in [5.74, 6) is 0.940. The smallest absolute Gasteiger partial charge is 0.0680 e. The maximum Gasteiger partial charge on any atom is 0.0680 e. The van der Waals surface area contributed by atoms with Crippen molar-refractivity contribution in [2.45, 2.75) is 51.9 Å². The first-order chi connectivity index (χ1) is 9.83. The molecule has 2 heteroatoms. The van der Waals surface area contributed by atoms with Gasteiger partial charge in [0.2, 0.25) is 0 Å². The summed E-state index contributed by atoms with van der Waals surface area (Å²) in [5, 5.41) is 4.40. The second kappa shape index (κ2) is 6.25. The van der Waals surface area contributed by atoms with Crippen molar-refractivity contribution in [1.82, 2.24) is 9.78 Å². The van der Waals surface area contributed by atoms with Gasteiger partial charge < -0.3 is 0 Å². The van der Waals surface area contributed by atoms with Crippen molar-refractivity contribution in [2.75, 3.05) is 0 Å². The molecule has 0 N–H and O–H groups in total. The lowest BCUT2D eigenvalue weighted by Gasteiger charge is -2.22. The van der Waals surface area contributed by atoms with Crippen molar-refractivity contribution < 1.29 is 0 Å². The van der Waals surface area contributed by atoms with Crippen LogP contribution in [-0.2, 0) is 6.42 Å². The van der Waals surface area contributed by atoms with E-state index in [1.807, 2.05) is 23.1 Å². The zero-order valence-corrected chi connectivity index (χ0v) is 12.4.